The summed E-state index contributed by atoms with van der Waals surface area (Å²) >= 11 is 0. The number of carboxylic acid groups (broad SMARTS) is 1. The van der Waals surface area contributed by atoms with Gasteiger partial charge in [0.1, 0.15) is 0 Å². The molecule has 5 nitrogen and oxygen atoms in total. The highest BCUT2D eigenvalue weighted by Gasteiger charge is 2.17. The maximum Gasteiger partial charge on any atom is 0.319 e. The fourth-order valence-electron chi connectivity index (χ4n) is 1.92. The lowest BCUT2D eigenvalue weighted by molar-refractivity contribution is -0.141. The first-order valence-electron chi connectivity index (χ1n) is 6.93. The van der Waals surface area contributed by atoms with Crippen LogP contribution in [0.2, 0.25) is 0 Å². The van der Waals surface area contributed by atoms with E-state index >= 15 is 0 Å². The van der Waals surface area contributed by atoms with Crippen molar-refractivity contribution in [2.75, 3.05) is 11.9 Å². The molecule has 0 bridgehead atoms. The zero-order valence-corrected chi connectivity index (χ0v) is 12.0. The van der Waals surface area contributed by atoms with Crippen LogP contribution in [-0.4, -0.2) is 23.7 Å². The number of anilines is 1. The molecule has 0 aromatic heterocycles. The molecule has 0 saturated heterocycles. The van der Waals surface area contributed by atoms with E-state index in [0.29, 0.717) is 12.1 Å². The number of rotatable bonds is 7. The molecule has 1 rings (SSSR count). The molecule has 0 fully saturated rings. The lowest BCUT2D eigenvalue weighted by Gasteiger charge is -2.13. The van der Waals surface area contributed by atoms with E-state index < -0.39 is 11.9 Å². The van der Waals surface area contributed by atoms with Crippen LogP contribution in [0.1, 0.15) is 32.3 Å². The molecule has 1 aromatic carbocycles. The summed E-state index contributed by atoms with van der Waals surface area (Å²) in [6.07, 6.45) is 2.23. The Kier molecular flexibility index (Phi) is 6.56. The van der Waals surface area contributed by atoms with Crippen LogP contribution in [0.5, 0.6) is 0 Å². The number of aryl methyl sites for hydroxylation is 1. The van der Waals surface area contributed by atoms with E-state index in [1.807, 2.05) is 32.0 Å². The van der Waals surface area contributed by atoms with Crippen LogP contribution in [-0.2, 0) is 11.2 Å². The molecule has 5 heteroatoms. The number of carbonyl (C=O) groups excluding carboxylic acids is 1. The van der Waals surface area contributed by atoms with Gasteiger partial charge in [-0.3, -0.25) is 4.79 Å². The third kappa shape index (κ3) is 5.30. The van der Waals surface area contributed by atoms with Crippen molar-refractivity contribution in [2.45, 2.75) is 33.1 Å². The number of urea groups is 1. The van der Waals surface area contributed by atoms with Crippen molar-refractivity contribution < 1.29 is 14.7 Å². The standard InChI is InChI=1S/C15H22N2O3/c1-3-6-12(14(18)19)10-16-15(20)17-13-8-5-7-11(4-2)9-13/h5,7-9,12H,3-4,6,10H2,1-2H3,(H,18,19)(H2,16,17,20). The van der Waals surface area contributed by atoms with Crippen LogP contribution in [0.15, 0.2) is 24.3 Å². The maximum absolute atomic E-state index is 11.7. The van der Waals surface area contributed by atoms with Gasteiger partial charge in [-0.05, 0) is 30.5 Å². The van der Waals surface area contributed by atoms with Crippen molar-refractivity contribution >= 4 is 17.7 Å². The molecule has 0 saturated carbocycles. The summed E-state index contributed by atoms with van der Waals surface area (Å²) in [5.74, 6) is -1.41. The Labute approximate surface area is 119 Å². The molecule has 0 heterocycles. The third-order valence-corrected chi connectivity index (χ3v) is 3.09. The molecule has 20 heavy (non-hydrogen) atoms. The normalized spacial score (nSPS) is 11.7. The van der Waals surface area contributed by atoms with E-state index in [1.165, 1.54) is 0 Å². The van der Waals surface area contributed by atoms with Crippen LogP contribution in [0, 0.1) is 5.92 Å². The second kappa shape index (κ2) is 8.19. The Balaban J connectivity index is 2.48. The third-order valence-electron chi connectivity index (χ3n) is 3.09. The molecule has 0 aliphatic carbocycles. The molecule has 110 valence electrons. The molecule has 0 radical (unpaired) electrons. The Morgan fingerprint density at radius 2 is 2.05 bits per heavy atom. The fourth-order valence-corrected chi connectivity index (χ4v) is 1.92. The SMILES string of the molecule is CCCC(CNC(=O)Nc1cccc(CC)c1)C(=O)O. The van der Waals surface area contributed by atoms with Crippen LogP contribution in [0.4, 0.5) is 10.5 Å². The monoisotopic (exact) mass is 278 g/mol. The number of hydrogen-bond donors (Lipinski definition) is 3. The highest BCUT2D eigenvalue weighted by molar-refractivity contribution is 5.89. The van der Waals surface area contributed by atoms with Crippen molar-refractivity contribution in [2.24, 2.45) is 5.92 Å². The number of carboxylic acids is 1. The van der Waals surface area contributed by atoms with E-state index in [4.69, 9.17) is 5.11 Å². The average molecular weight is 278 g/mol. The summed E-state index contributed by atoms with van der Waals surface area (Å²) in [6, 6.07) is 7.21. The van der Waals surface area contributed by atoms with E-state index in [9.17, 15) is 9.59 Å². The molecule has 1 unspecified atom stereocenters. The Morgan fingerprint density at radius 1 is 1.30 bits per heavy atom. The number of amides is 2. The highest BCUT2D eigenvalue weighted by Crippen LogP contribution is 2.11. The minimum Gasteiger partial charge on any atom is -0.481 e. The minimum absolute atomic E-state index is 0.141. The largest absolute Gasteiger partial charge is 0.481 e. The number of nitrogens with one attached hydrogen (secondary N) is 2. The predicted octanol–water partition coefficient (Wildman–Crippen LogP) is 2.87. The molecular formula is C15H22N2O3. The molecule has 1 aromatic rings. The van der Waals surface area contributed by atoms with Crippen molar-refractivity contribution in [1.29, 1.82) is 0 Å². The smallest absolute Gasteiger partial charge is 0.319 e. The second-order valence-corrected chi connectivity index (χ2v) is 4.71. The first-order chi connectivity index (χ1) is 9.56. The number of hydrogen-bond acceptors (Lipinski definition) is 2. The number of carbonyl (C=O) groups is 2. The van der Waals surface area contributed by atoms with E-state index in [2.05, 4.69) is 10.6 Å². The van der Waals surface area contributed by atoms with Gasteiger partial charge in [0.2, 0.25) is 0 Å². The molecular weight excluding hydrogens is 256 g/mol. The minimum atomic E-state index is -0.875. The van der Waals surface area contributed by atoms with Gasteiger partial charge in [0, 0.05) is 12.2 Å². The summed E-state index contributed by atoms with van der Waals surface area (Å²) in [4.78, 5) is 22.7. The van der Waals surface area contributed by atoms with E-state index in [1.54, 1.807) is 6.07 Å². The van der Waals surface area contributed by atoms with Crippen molar-refractivity contribution in [1.82, 2.24) is 5.32 Å². The topological polar surface area (TPSA) is 78.4 Å². The summed E-state index contributed by atoms with van der Waals surface area (Å²) < 4.78 is 0. The van der Waals surface area contributed by atoms with Gasteiger partial charge in [-0.2, -0.15) is 0 Å². The summed E-state index contributed by atoms with van der Waals surface area (Å²) in [5, 5.41) is 14.3. The van der Waals surface area contributed by atoms with Gasteiger partial charge in [0.15, 0.2) is 0 Å². The second-order valence-electron chi connectivity index (χ2n) is 4.71. The molecule has 1 atom stereocenters. The van der Waals surface area contributed by atoms with Gasteiger partial charge in [0.25, 0.3) is 0 Å². The Hall–Kier alpha value is -2.04. The Bertz CT molecular complexity index is 460. The van der Waals surface area contributed by atoms with Crippen molar-refractivity contribution in [3.05, 3.63) is 29.8 Å². The van der Waals surface area contributed by atoms with Gasteiger partial charge in [-0.1, -0.05) is 32.4 Å². The average Bonchev–Trinajstić information content (AvgIpc) is 2.43. The first kappa shape index (κ1) is 16.0. The highest BCUT2D eigenvalue weighted by atomic mass is 16.4. The quantitative estimate of drug-likeness (QED) is 0.717. The molecule has 2 amide bonds. The Morgan fingerprint density at radius 3 is 2.65 bits per heavy atom. The first-order valence-corrected chi connectivity index (χ1v) is 6.93. The zero-order chi connectivity index (χ0) is 15.0. The summed E-state index contributed by atoms with van der Waals surface area (Å²) in [6.45, 7) is 4.11. The lowest BCUT2D eigenvalue weighted by atomic mass is 10.0. The van der Waals surface area contributed by atoms with Crippen molar-refractivity contribution in [3.63, 3.8) is 0 Å². The van der Waals surface area contributed by atoms with E-state index in [0.717, 1.165) is 18.4 Å². The van der Waals surface area contributed by atoms with Gasteiger partial charge in [-0.25, -0.2) is 4.79 Å². The molecule has 0 spiro atoms. The number of aliphatic carboxylic acids is 1. The molecule has 0 aliphatic rings. The lowest BCUT2D eigenvalue weighted by Crippen LogP contribution is -2.35. The van der Waals surface area contributed by atoms with Gasteiger partial charge < -0.3 is 15.7 Å². The van der Waals surface area contributed by atoms with E-state index in [-0.39, 0.29) is 12.6 Å². The van der Waals surface area contributed by atoms with Gasteiger partial charge >= 0.3 is 12.0 Å². The predicted molar refractivity (Wildman–Crippen MR) is 78.9 cm³/mol. The van der Waals surface area contributed by atoms with Crippen LogP contribution < -0.4 is 10.6 Å². The van der Waals surface area contributed by atoms with Gasteiger partial charge in [0.05, 0.1) is 5.92 Å². The maximum atomic E-state index is 11.7. The van der Waals surface area contributed by atoms with Crippen molar-refractivity contribution in [3.8, 4) is 0 Å². The zero-order valence-electron chi connectivity index (χ0n) is 12.0. The summed E-state index contributed by atoms with van der Waals surface area (Å²) in [5.41, 5.74) is 1.85. The number of benzene rings is 1. The fraction of sp³-hybridized carbons (Fsp3) is 0.467. The molecule has 0 aliphatic heterocycles. The summed E-state index contributed by atoms with van der Waals surface area (Å²) in [7, 11) is 0. The van der Waals surface area contributed by atoms with Crippen LogP contribution in [0.3, 0.4) is 0 Å². The molecule has 3 N–H and O–H groups in total. The van der Waals surface area contributed by atoms with Crippen LogP contribution in [0.25, 0.3) is 0 Å². The van der Waals surface area contributed by atoms with Crippen LogP contribution >= 0.6 is 0 Å². The van der Waals surface area contributed by atoms with Gasteiger partial charge in [-0.15, -0.1) is 0 Å².